The molecule has 20 heavy (non-hydrogen) atoms. The quantitative estimate of drug-likeness (QED) is 0.881. The molecule has 0 unspecified atom stereocenters. The Bertz CT molecular complexity index is 659. The van der Waals surface area contributed by atoms with E-state index in [2.05, 4.69) is 12.6 Å². The van der Waals surface area contributed by atoms with Crippen LogP contribution in [-0.4, -0.2) is 23.5 Å². The van der Waals surface area contributed by atoms with Gasteiger partial charge in [0.25, 0.3) is 5.56 Å². The fraction of sp³-hybridized carbons (Fsp3) is 0.438. The molecule has 3 rings (SSSR count). The number of nitrogens with zero attached hydrogens (tertiary/aromatic N) is 1. The minimum Gasteiger partial charge on any atom is -0.381 e. The molecule has 0 saturated carbocycles. The molecule has 3 nitrogen and oxygen atoms in total. The highest BCUT2D eigenvalue weighted by molar-refractivity contribution is 7.80. The summed E-state index contributed by atoms with van der Waals surface area (Å²) in [4.78, 5) is 12.3. The lowest BCUT2D eigenvalue weighted by atomic mass is 9.82. The SMILES string of the molecule is O=c1ccc2ccccc2n1CC1(CS)CCOCC1. The van der Waals surface area contributed by atoms with Crippen LogP contribution in [0.2, 0.25) is 0 Å². The number of para-hydroxylation sites is 1. The molecular formula is C16H19NO2S. The summed E-state index contributed by atoms with van der Waals surface area (Å²) < 4.78 is 7.36. The fourth-order valence-corrected chi connectivity index (χ4v) is 3.33. The molecular weight excluding hydrogens is 270 g/mol. The molecule has 2 aromatic rings. The molecule has 0 N–H and O–H groups in total. The maximum Gasteiger partial charge on any atom is 0.251 e. The second kappa shape index (κ2) is 5.62. The highest BCUT2D eigenvalue weighted by Crippen LogP contribution is 2.34. The van der Waals surface area contributed by atoms with Gasteiger partial charge < -0.3 is 9.30 Å². The minimum atomic E-state index is 0.0648. The van der Waals surface area contributed by atoms with Crippen molar-refractivity contribution in [2.45, 2.75) is 19.4 Å². The summed E-state index contributed by atoms with van der Waals surface area (Å²) in [5.41, 5.74) is 1.14. The lowest BCUT2D eigenvalue weighted by Crippen LogP contribution is -2.38. The van der Waals surface area contributed by atoms with Crippen molar-refractivity contribution in [3.8, 4) is 0 Å². The Hall–Kier alpha value is -1.26. The standard InChI is InChI=1S/C16H19NO2S/c18-15-6-5-13-3-1-2-4-14(13)17(15)11-16(12-20)7-9-19-10-8-16/h1-6,20H,7-12H2. The van der Waals surface area contributed by atoms with E-state index in [9.17, 15) is 4.79 Å². The monoisotopic (exact) mass is 289 g/mol. The van der Waals surface area contributed by atoms with Crippen LogP contribution in [-0.2, 0) is 11.3 Å². The van der Waals surface area contributed by atoms with Crippen molar-refractivity contribution in [1.82, 2.24) is 4.57 Å². The third kappa shape index (κ3) is 2.50. The molecule has 1 fully saturated rings. The van der Waals surface area contributed by atoms with E-state index in [1.54, 1.807) is 6.07 Å². The summed E-state index contributed by atoms with van der Waals surface area (Å²) >= 11 is 4.54. The Kier molecular flexibility index (Phi) is 3.85. The largest absolute Gasteiger partial charge is 0.381 e. The van der Waals surface area contributed by atoms with Crippen LogP contribution in [0, 0.1) is 5.41 Å². The summed E-state index contributed by atoms with van der Waals surface area (Å²) in [6.45, 7) is 2.25. The Morgan fingerprint density at radius 3 is 2.65 bits per heavy atom. The Labute approximate surface area is 124 Å². The number of benzene rings is 1. The molecule has 4 heteroatoms. The number of ether oxygens (including phenoxy) is 1. The fourth-order valence-electron chi connectivity index (χ4n) is 2.91. The molecule has 1 aliphatic heterocycles. The van der Waals surface area contributed by atoms with Crippen LogP contribution in [0.1, 0.15) is 12.8 Å². The van der Waals surface area contributed by atoms with Crippen LogP contribution < -0.4 is 5.56 Å². The van der Waals surface area contributed by atoms with Crippen molar-refractivity contribution in [2.75, 3.05) is 19.0 Å². The third-order valence-corrected chi connectivity index (χ3v) is 4.95. The first-order valence-corrected chi connectivity index (χ1v) is 7.65. The highest BCUT2D eigenvalue weighted by Gasteiger charge is 2.32. The third-order valence-electron chi connectivity index (χ3n) is 4.28. The molecule has 106 valence electrons. The summed E-state index contributed by atoms with van der Waals surface area (Å²) in [5, 5.41) is 1.11. The van der Waals surface area contributed by atoms with Gasteiger partial charge in [-0.15, -0.1) is 0 Å². The van der Waals surface area contributed by atoms with E-state index >= 15 is 0 Å². The number of thiol groups is 1. The van der Waals surface area contributed by atoms with Gasteiger partial charge in [-0.3, -0.25) is 4.79 Å². The molecule has 0 spiro atoms. The lowest BCUT2D eigenvalue weighted by molar-refractivity contribution is 0.0183. The van der Waals surface area contributed by atoms with E-state index in [0.29, 0.717) is 0 Å². The first-order valence-electron chi connectivity index (χ1n) is 7.01. The second-order valence-corrected chi connectivity index (χ2v) is 5.90. The Morgan fingerprint density at radius 2 is 1.90 bits per heavy atom. The molecule has 1 aromatic heterocycles. The average molecular weight is 289 g/mol. The van der Waals surface area contributed by atoms with Gasteiger partial charge in [-0.1, -0.05) is 18.2 Å². The molecule has 0 atom stereocenters. The van der Waals surface area contributed by atoms with Gasteiger partial charge in [0.15, 0.2) is 0 Å². The number of hydrogen-bond acceptors (Lipinski definition) is 3. The van der Waals surface area contributed by atoms with Crippen molar-refractivity contribution in [3.05, 3.63) is 46.8 Å². The topological polar surface area (TPSA) is 31.2 Å². The van der Waals surface area contributed by atoms with Gasteiger partial charge in [-0.2, -0.15) is 12.6 Å². The van der Waals surface area contributed by atoms with Crippen molar-refractivity contribution < 1.29 is 4.74 Å². The molecule has 1 saturated heterocycles. The van der Waals surface area contributed by atoms with E-state index in [-0.39, 0.29) is 11.0 Å². The molecule has 1 aliphatic rings. The summed E-state index contributed by atoms with van der Waals surface area (Å²) in [7, 11) is 0. The van der Waals surface area contributed by atoms with E-state index in [1.165, 1.54) is 0 Å². The second-order valence-electron chi connectivity index (χ2n) is 5.59. The van der Waals surface area contributed by atoms with Crippen molar-refractivity contribution in [3.63, 3.8) is 0 Å². The Morgan fingerprint density at radius 1 is 1.15 bits per heavy atom. The van der Waals surface area contributed by atoms with E-state index < -0.39 is 0 Å². The van der Waals surface area contributed by atoms with Gasteiger partial charge in [0, 0.05) is 31.2 Å². The van der Waals surface area contributed by atoms with E-state index in [4.69, 9.17) is 4.74 Å². The van der Waals surface area contributed by atoms with Crippen LogP contribution in [0.4, 0.5) is 0 Å². The van der Waals surface area contributed by atoms with Crippen LogP contribution in [0.15, 0.2) is 41.2 Å². The number of fused-ring (bicyclic) bond motifs is 1. The van der Waals surface area contributed by atoms with E-state index in [1.807, 2.05) is 34.9 Å². The zero-order valence-electron chi connectivity index (χ0n) is 11.4. The molecule has 2 heterocycles. The molecule has 0 aliphatic carbocycles. The summed E-state index contributed by atoms with van der Waals surface area (Å²) in [5.74, 6) is 0.784. The van der Waals surface area contributed by atoms with Gasteiger partial charge in [0.1, 0.15) is 0 Å². The number of hydrogen-bond donors (Lipinski definition) is 1. The highest BCUT2D eigenvalue weighted by atomic mass is 32.1. The van der Waals surface area contributed by atoms with Crippen molar-refractivity contribution in [2.24, 2.45) is 5.41 Å². The van der Waals surface area contributed by atoms with Crippen LogP contribution in [0.5, 0.6) is 0 Å². The van der Waals surface area contributed by atoms with Gasteiger partial charge in [-0.05, 0) is 36.1 Å². The molecule has 0 amide bonds. The van der Waals surface area contributed by atoms with Crippen molar-refractivity contribution >= 4 is 23.5 Å². The lowest BCUT2D eigenvalue weighted by Gasteiger charge is -2.36. The smallest absolute Gasteiger partial charge is 0.251 e. The zero-order chi connectivity index (χ0) is 14.0. The first-order chi connectivity index (χ1) is 9.74. The first kappa shape index (κ1) is 13.7. The van der Waals surface area contributed by atoms with Gasteiger partial charge in [0.05, 0.1) is 5.52 Å². The zero-order valence-corrected chi connectivity index (χ0v) is 12.3. The predicted molar refractivity (Wildman–Crippen MR) is 84.5 cm³/mol. The molecule has 0 bridgehead atoms. The van der Waals surface area contributed by atoms with Crippen LogP contribution in [0.25, 0.3) is 10.9 Å². The van der Waals surface area contributed by atoms with E-state index in [0.717, 1.165) is 49.3 Å². The average Bonchev–Trinajstić information content (AvgIpc) is 2.51. The van der Waals surface area contributed by atoms with Crippen molar-refractivity contribution in [1.29, 1.82) is 0 Å². The van der Waals surface area contributed by atoms with Crippen LogP contribution in [0.3, 0.4) is 0 Å². The van der Waals surface area contributed by atoms with Gasteiger partial charge in [-0.25, -0.2) is 0 Å². The van der Waals surface area contributed by atoms with Gasteiger partial charge in [0.2, 0.25) is 0 Å². The maximum atomic E-state index is 12.3. The number of rotatable bonds is 3. The maximum absolute atomic E-state index is 12.3. The van der Waals surface area contributed by atoms with Gasteiger partial charge >= 0.3 is 0 Å². The normalized spacial score (nSPS) is 18.2. The Balaban J connectivity index is 2.05. The number of pyridine rings is 1. The molecule has 0 radical (unpaired) electrons. The summed E-state index contributed by atoms with van der Waals surface area (Å²) in [6.07, 6.45) is 1.93. The van der Waals surface area contributed by atoms with Crippen LogP contribution >= 0.6 is 12.6 Å². The summed E-state index contributed by atoms with van der Waals surface area (Å²) in [6, 6.07) is 11.6. The number of aromatic nitrogens is 1. The minimum absolute atomic E-state index is 0.0648. The predicted octanol–water partition coefficient (Wildman–Crippen LogP) is 2.73. The molecule has 1 aromatic carbocycles.